The first-order valence-electron chi connectivity index (χ1n) is 11.1. The van der Waals surface area contributed by atoms with Gasteiger partial charge in [0.1, 0.15) is 5.75 Å². The number of nitrogens with one attached hydrogen (secondary N) is 2. The second-order valence-electron chi connectivity index (χ2n) is 7.68. The Morgan fingerprint density at radius 3 is 2.34 bits per heavy atom. The highest BCUT2D eigenvalue weighted by atomic mass is 32.2. The molecule has 178 valence electrons. The average molecular weight is 504 g/mol. The van der Waals surface area contributed by atoms with E-state index in [1.165, 1.54) is 23.1 Å². The largest absolute Gasteiger partial charge is 0.494 e. The minimum atomic E-state index is -0.155. The summed E-state index contributed by atoms with van der Waals surface area (Å²) < 4.78 is 5.47. The van der Waals surface area contributed by atoms with Crippen molar-refractivity contribution in [3.05, 3.63) is 89.3 Å². The maximum Gasteiger partial charge on any atom is 0.255 e. The lowest BCUT2D eigenvalue weighted by molar-refractivity contribution is -0.113. The number of aromatic nitrogens is 1. The molecule has 0 spiro atoms. The van der Waals surface area contributed by atoms with E-state index in [0.29, 0.717) is 23.0 Å². The van der Waals surface area contributed by atoms with Gasteiger partial charge in [-0.3, -0.25) is 9.59 Å². The SMILES string of the molecule is CCOc1ccc(-c2csc(NC(=O)CSc3ccc(NC(=O)c4ccc(C)cc4)cc3)n2)cc1. The molecule has 1 heterocycles. The number of aryl methyl sites for hydroxylation is 1. The van der Waals surface area contributed by atoms with E-state index in [2.05, 4.69) is 15.6 Å². The molecule has 0 aliphatic rings. The van der Waals surface area contributed by atoms with Crippen LogP contribution in [0.1, 0.15) is 22.8 Å². The van der Waals surface area contributed by atoms with Crippen molar-refractivity contribution in [2.45, 2.75) is 18.7 Å². The van der Waals surface area contributed by atoms with E-state index in [-0.39, 0.29) is 17.6 Å². The number of hydrogen-bond donors (Lipinski definition) is 2. The molecule has 0 saturated carbocycles. The summed E-state index contributed by atoms with van der Waals surface area (Å²) in [6.07, 6.45) is 0. The summed E-state index contributed by atoms with van der Waals surface area (Å²) >= 11 is 2.81. The number of ether oxygens (including phenoxy) is 1. The molecule has 0 atom stereocenters. The van der Waals surface area contributed by atoms with Crippen molar-refractivity contribution in [2.75, 3.05) is 23.0 Å². The van der Waals surface area contributed by atoms with E-state index in [4.69, 9.17) is 4.74 Å². The van der Waals surface area contributed by atoms with Gasteiger partial charge in [-0.25, -0.2) is 4.98 Å². The normalized spacial score (nSPS) is 10.6. The zero-order chi connectivity index (χ0) is 24.6. The van der Waals surface area contributed by atoms with Gasteiger partial charge in [-0.1, -0.05) is 17.7 Å². The van der Waals surface area contributed by atoms with Crippen LogP contribution in [-0.2, 0) is 4.79 Å². The molecule has 8 heteroatoms. The monoisotopic (exact) mass is 503 g/mol. The zero-order valence-electron chi connectivity index (χ0n) is 19.4. The number of thioether (sulfide) groups is 1. The van der Waals surface area contributed by atoms with Crippen LogP contribution in [-0.4, -0.2) is 29.2 Å². The zero-order valence-corrected chi connectivity index (χ0v) is 21.0. The van der Waals surface area contributed by atoms with E-state index in [1.54, 1.807) is 12.1 Å². The molecule has 1 aromatic heterocycles. The third kappa shape index (κ3) is 6.94. The standard InChI is InChI=1S/C27H25N3O3S2/c1-3-33-22-12-8-19(9-13-22)24-16-35-27(29-24)30-25(31)17-34-23-14-10-21(11-15-23)28-26(32)20-6-4-18(2)5-7-20/h4-16H,3,17H2,1-2H3,(H,28,32)(H,29,30,31). The molecule has 4 aromatic rings. The van der Waals surface area contributed by atoms with Gasteiger partial charge in [0.15, 0.2) is 5.13 Å². The van der Waals surface area contributed by atoms with Crippen LogP contribution in [0.15, 0.2) is 83.1 Å². The lowest BCUT2D eigenvalue weighted by Gasteiger charge is -2.07. The fourth-order valence-electron chi connectivity index (χ4n) is 3.20. The molecule has 0 fully saturated rings. The maximum atomic E-state index is 12.4. The minimum absolute atomic E-state index is 0.126. The van der Waals surface area contributed by atoms with Crippen molar-refractivity contribution in [2.24, 2.45) is 0 Å². The Balaban J connectivity index is 1.26. The molecule has 0 radical (unpaired) electrons. The lowest BCUT2D eigenvalue weighted by Crippen LogP contribution is -2.13. The van der Waals surface area contributed by atoms with Gasteiger partial charge in [-0.15, -0.1) is 23.1 Å². The Bertz CT molecular complexity index is 1280. The maximum absolute atomic E-state index is 12.4. The highest BCUT2D eigenvalue weighted by Crippen LogP contribution is 2.27. The van der Waals surface area contributed by atoms with Crippen LogP contribution in [0.5, 0.6) is 5.75 Å². The molecule has 2 amide bonds. The van der Waals surface area contributed by atoms with E-state index < -0.39 is 0 Å². The average Bonchev–Trinajstić information content (AvgIpc) is 3.33. The smallest absolute Gasteiger partial charge is 0.255 e. The molecule has 3 aromatic carbocycles. The molecular weight excluding hydrogens is 478 g/mol. The van der Waals surface area contributed by atoms with Gasteiger partial charge in [0.05, 0.1) is 18.1 Å². The van der Waals surface area contributed by atoms with Crippen molar-refractivity contribution in [3.8, 4) is 17.0 Å². The van der Waals surface area contributed by atoms with Crippen molar-refractivity contribution >= 4 is 45.7 Å². The summed E-state index contributed by atoms with van der Waals surface area (Å²) in [6, 6.07) is 22.6. The Morgan fingerprint density at radius 1 is 0.943 bits per heavy atom. The molecule has 0 aliphatic heterocycles. The first-order valence-corrected chi connectivity index (χ1v) is 13.0. The Kier molecular flexibility index (Phi) is 8.18. The Morgan fingerprint density at radius 2 is 1.66 bits per heavy atom. The third-order valence-corrected chi connectivity index (χ3v) is 6.78. The second-order valence-corrected chi connectivity index (χ2v) is 9.58. The highest BCUT2D eigenvalue weighted by Gasteiger charge is 2.10. The topological polar surface area (TPSA) is 80.3 Å². The summed E-state index contributed by atoms with van der Waals surface area (Å²) in [7, 11) is 0. The van der Waals surface area contributed by atoms with E-state index >= 15 is 0 Å². The summed E-state index contributed by atoms with van der Waals surface area (Å²) in [5.74, 6) is 0.795. The van der Waals surface area contributed by atoms with Gasteiger partial charge in [0.2, 0.25) is 5.91 Å². The van der Waals surface area contributed by atoms with Crippen LogP contribution in [0.4, 0.5) is 10.8 Å². The van der Waals surface area contributed by atoms with Gasteiger partial charge in [0.25, 0.3) is 5.91 Å². The minimum Gasteiger partial charge on any atom is -0.494 e. The van der Waals surface area contributed by atoms with Crippen LogP contribution in [0.3, 0.4) is 0 Å². The highest BCUT2D eigenvalue weighted by molar-refractivity contribution is 8.00. The predicted molar refractivity (Wildman–Crippen MR) is 144 cm³/mol. The van der Waals surface area contributed by atoms with Crippen LogP contribution in [0.25, 0.3) is 11.3 Å². The number of rotatable bonds is 9. The number of amides is 2. The van der Waals surface area contributed by atoms with Crippen molar-refractivity contribution in [1.29, 1.82) is 0 Å². The Labute approximate surface area is 212 Å². The van der Waals surface area contributed by atoms with Gasteiger partial charge < -0.3 is 15.4 Å². The van der Waals surface area contributed by atoms with Crippen LogP contribution >= 0.6 is 23.1 Å². The van der Waals surface area contributed by atoms with Gasteiger partial charge in [-0.05, 0) is 74.5 Å². The van der Waals surface area contributed by atoms with Crippen molar-refractivity contribution in [3.63, 3.8) is 0 Å². The lowest BCUT2D eigenvalue weighted by atomic mass is 10.1. The molecule has 0 aliphatic carbocycles. The Hall–Kier alpha value is -3.62. The summed E-state index contributed by atoms with van der Waals surface area (Å²) in [5.41, 5.74) is 4.20. The molecular formula is C27H25N3O3S2. The van der Waals surface area contributed by atoms with Crippen LogP contribution in [0, 0.1) is 6.92 Å². The van der Waals surface area contributed by atoms with E-state index in [1.807, 2.05) is 79.9 Å². The number of nitrogens with zero attached hydrogens (tertiary/aromatic N) is 1. The molecule has 35 heavy (non-hydrogen) atoms. The number of carbonyl (C=O) groups excluding carboxylic acids is 2. The van der Waals surface area contributed by atoms with Gasteiger partial charge >= 0.3 is 0 Å². The molecule has 0 saturated heterocycles. The number of thiazole rings is 1. The van der Waals surface area contributed by atoms with E-state index in [0.717, 1.165) is 27.5 Å². The fraction of sp³-hybridized carbons (Fsp3) is 0.148. The number of carbonyl (C=O) groups is 2. The molecule has 0 bridgehead atoms. The first kappa shape index (κ1) is 24.5. The summed E-state index contributed by atoms with van der Waals surface area (Å²) in [5, 5.41) is 8.23. The third-order valence-electron chi connectivity index (χ3n) is 5.01. The number of anilines is 2. The van der Waals surface area contributed by atoms with Crippen LogP contribution in [0.2, 0.25) is 0 Å². The van der Waals surface area contributed by atoms with Crippen molar-refractivity contribution < 1.29 is 14.3 Å². The first-order chi connectivity index (χ1) is 17.0. The quantitative estimate of drug-likeness (QED) is 0.255. The van der Waals surface area contributed by atoms with E-state index in [9.17, 15) is 9.59 Å². The molecule has 2 N–H and O–H groups in total. The van der Waals surface area contributed by atoms with Gasteiger partial charge in [0, 0.05) is 27.1 Å². The van der Waals surface area contributed by atoms with Crippen LogP contribution < -0.4 is 15.4 Å². The molecule has 6 nitrogen and oxygen atoms in total. The predicted octanol–water partition coefficient (Wildman–Crippen LogP) is 6.50. The van der Waals surface area contributed by atoms with Gasteiger partial charge in [-0.2, -0.15) is 0 Å². The molecule has 0 unspecified atom stereocenters. The summed E-state index contributed by atoms with van der Waals surface area (Å²) in [6.45, 7) is 4.55. The number of hydrogen-bond acceptors (Lipinski definition) is 6. The molecule has 4 rings (SSSR count). The van der Waals surface area contributed by atoms with Crippen molar-refractivity contribution in [1.82, 2.24) is 4.98 Å². The fourth-order valence-corrected chi connectivity index (χ4v) is 4.63. The second kappa shape index (κ2) is 11.7. The summed E-state index contributed by atoms with van der Waals surface area (Å²) in [4.78, 5) is 30.2. The number of benzene rings is 3.